The van der Waals surface area contributed by atoms with Gasteiger partial charge in [-0.2, -0.15) is 0 Å². The molecule has 1 aliphatic rings. The second kappa shape index (κ2) is 5.01. The number of nitrogen functional groups attached to an aromatic ring is 1. The van der Waals surface area contributed by atoms with Gasteiger partial charge < -0.3 is 11.1 Å². The number of hydrogen-bond acceptors (Lipinski definition) is 4. The number of thiophene rings is 1. The first-order valence-electron chi connectivity index (χ1n) is 6.34. The van der Waals surface area contributed by atoms with Crippen LogP contribution < -0.4 is 11.1 Å². The number of hydrogen-bond donors (Lipinski definition) is 2. The summed E-state index contributed by atoms with van der Waals surface area (Å²) in [5, 5.41) is 3.91. The first kappa shape index (κ1) is 12.2. The minimum absolute atomic E-state index is 0.0826. The Morgan fingerprint density at radius 3 is 3.11 bits per heavy atom. The van der Waals surface area contributed by atoms with Gasteiger partial charge in [-0.25, -0.2) is 4.98 Å². The van der Waals surface area contributed by atoms with Crippen molar-refractivity contribution < 1.29 is 4.79 Å². The normalized spacial score (nSPS) is 18.6. The summed E-state index contributed by atoms with van der Waals surface area (Å²) in [6.45, 7) is 0. The molecule has 2 heterocycles. The van der Waals surface area contributed by atoms with Gasteiger partial charge in [0.25, 0.3) is 5.91 Å². The van der Waals surface area contributed by atoms with Gasteiger partial charge in [-0.15, -0.1) is 11.3 Å². The van der Waals surface area contributed by atoms with Crippen molar-refractivity contribution in [3.05, 3.63) is 35.4 Å². The standard InChI is InChI=1S/C14H15N3OS/c15-11-10-7-4-8-16-14(10)19-12(11)13(18)17-9-5-2-1-3-6-9/h1-2,4,7-9H,3,5-6,15H2,(H,17,18)/t9-/m0/s1. The fourth-order valence-electron chi connectivity index (χ4n) is 2.30. The molecule has 98 valence electrons. The van der Waals surface area contributed by atoms with Gasteiger partial charge in [-0.3, -0.25) is 4.79 Å². The van der Waals surface area contributed by atoms with Gasteiger partial charge in [0.2, 0.25) is 0 Å². The summed E-state index contributed by atoms with van der Waals surface area (Å²) in [6, 6.07) is 3.95. The lowest BCUT2D eigenvalue weighted by atomic mass is 10.0. The van der Waals surface area contributed by atoms with Gasteiger partial charge in [-0.05, 0) is 31.4 Å². The van der Waals surface area contributed by atoms with Crippen LogP contribution in [0.2, 0.25) is 0 Å². The first-order chi connectivity index (χ1) is 9.25. The van der Waals surface area contributed by atoms with E-state index in [2.05, 4.69) is 22.5 Å². The van der Waals surface area contributed by atoms with E-state index in [1.807, 2.05) is 12.1 Å². The van der Waals surface area contributed by atoms with Gasteiger partial charge in [0.15, 0.2) is 0 Å². The number of anilines is 1. The molecule has 3 rings (SSSR count). The molecule has 0 aliphatic heterocycles. The third kappa shape index (κ3) is 2.33. The molecule has 0 saturated heterocycles. The van der Waals surface area contributed by atoms with E-state index in [9.17, 15) is 4.79 Å². The summed E-state index contributed by atoms with van der Waals surface area (Å²) in [7, 11) is 0. The van der Waals surface area contributed by atoms with E-state index in [1.165, 1.54) is 11.3 Å². The summed E-state index contributed by atoms with van der Waals surface area (Å²) in [6.07, 6.45) is 8.89. The molecule has 0 fully saturated rings. The van der Waals surface area contributed by atoms with Crippen LogP contribution in [-0.2, 0) is 0 Å². The summed E-state index contributed by atoms with van der Waals surface area (Å²) in [5.74, 6) is -0.0826. The van der Waals surface area contributed by atoms with Crippen molar-refractivity contribution in [2.45, 2.75) is 25.3 Å². The third-order valence-corrected chi connectivity index (χ3v) is 4.44. The van der Waals surface area contributed by atoms with Gasteiger partial charge in [0, 0.05) is 17.6 Å². The van der Waals surface area contributed by atoms with E-state index in [0.717, 1.165) is 29.5 Å². The van der Waals surface area contributed by atoms with Crippen molar-refractivity contribution in [1.29, 1.82) is 0 Å². The Hall–Kier alpha value is -1.88. The Labute approximate surface area is 115 Å². The quantitative estimate of drug-likeness (QED) is 0.827. The van der Waals surface area contributed by atoms with Crippen LogP contribution in [0.3, 0.4) is 0 Å². The van der Waals surface area contributed by atoms with Crippen molar-refractivity contribution in [1.82, 2.24) is 10.3 Å². The maximum absolute atomic E-state index is 12.3. The Morgan fingerprint density at radius 2 is 2.37 bits per heavy atom. The number of amides is 1. The fourth-order valence-corrected chi connectivity index (χ4v) is 3.26. The maximum Gasteiger partial charge on any atom is 0.263 e. The van der Waals surface area contributed by atoms with Crippen LogP contribution in [-0.4, -0.2) is 16.9 Å². The average Bonchev–Trinajstić information content (AvgIpc) is 2.78. The van der Waals surface area contributed by atoms with Crippen molar-refractivity contribution in [2.24, 2.45) is 0 Å². The number of allylic oxidation sites excluding steroid dienone is 1. The Kier molecular flexibility index (Phi) is 3.21. The number of aromatic nitrogens is 1. The highest BCUT2D eigenvalue weighted by molar-refractivity contribution is 7.21. The average molecular weight is 273 g/mol. The van der Waals surface area contributed by atoms with E-state index in [4.69, 9.17) is 5.73 Å². The molecule has 0 unspecified atom stereocenters. The smallest absolute Gasteiger partial charge is 0.263 e. The van der Waals surface area contributed by atoms with Gasteiger partial charge in [0.05, 0.1) is 5.69 Å². The Morgan fingerprint density at radius 1 is 1.47 bits per heavy atom. The van der Waals surface area contributed by atoms with Crippen LogP contribution in [0.5, 0.6) is 0 Å². The summed E-state index contributed by atoms with van der Waals surface area (Å²) in [4.78, 5) is 17.9. The Bertz CT molecular complexity index is 647. The molecule has 4 nitrogen and oxygen atoms in total. The predicted octanol–water partition coefficient (Wildman–Crippen LogP) is 2.72. The van der Waals surface area contributed by atoms with Crippen molar-refractivity contribution >= 4 is 33.1 Å². The van der Waals surface area contributed by atoms with Crippen LogP contribution in [0.4, 0.5) is 5.69 Å². The van der Waals surface area contributed by atoms with Gasteiger partial charge in [-0.1, -0.05) is 12.2 Å². The number of fused-ring (bicyclic) bond motifs is 1. The highest BCUT2D eigenvalue weighted by Crippen LogP contribution is 2.32. The van der Waals surface area contributed by atoms with Crippen molar-refractivity contribution in [2.75, 3.05) is 5.73 Å². The number of carbonyl (C=O) groups is 1. The molecule has 0 spiro atoms. The van der Waals surface area contributed by atoms with Crippen LogP contribution in [0.25, 0.3) is 10.2 Å². The zero-order valence-corrected chi connectivity index (χ0v) is 11.2. The second-order valence-electron chi connectivity index (χ2n) is 4.66. The molecular formula is C14H15N3OS. The molecule has 0 saturated carbocycles. The molecule has 0 bridgehead atoms. The molecule has 3 N–H and O–H groups in total. The number of nitrogens with zero attached hydrogens (tertiary/aromatic N) is 1. The molecule has 19 heavy (non-hydrogen) atoms. The van der Waals surface area contributed by atoms with Crippen LogP contribution in [0.15, 0.2) is 30.5 Å². The molecule has 2 aromatic rings. The zero-order valence-electron chi connectivity index (χ0n) is 10.4. The summed E-state index contributed by atoms with van der Waals surface area (Å²) >= 11 is 1.35. The highest BCUT2D eigenvalue weighted by atomic mass is 32.1. The second-order valence-corrected chi connectivity index (χ2v) is 5.65. The van der Waals surface area contributed by atoms with Crippen molar-refractivity contribution in [3.8, 4) is 0 Å². The number of pyridine rings is 1. The topological polar surface area (TPSA) is 68.0 Å². The number of carbonyl (C=O) groups excluding carboxylic acids is 1. The molecule has 0 aromatic carbocycles. The zero-order chi connectivity index (χ0) is 13.2. The molecule has 1 aliphatic carbocycles. The van der Waals surface area contributed by atoms with Gasteiger partial charge in [0.1, 0.15) is 9.71 Å². The molecule has 5 heteroatoms. The van der Waals surface area contributed by atoms with Crippen LogP contribution in [0, 0.1) is 0 Å². The fraction of sp³-hybridized carbons (Fsp3) is 0.286. The lowest BCUT2D eigenvalue weighted by molar-refractivity contribution is 0.0939. The van der Waals surface area contributed by atoms with E-state index in [1.54, 1.807) is 6.20 Å². The summed E-state index contributed by atoms with van der Waals surface area (Å²) < 4.78 is 0. The number of nitrogens with one attached hydrogen (secondary N) is 1. The summed E-state index contributed by atoms with van der Waals surface area (Å²) in [5.41, 5.74) is 6.58. The minimum atomic E-state index is -0.0826. The van der Waals surface area contributed by atoms with Crippen LogP contribution in [0.1, 0.15) is 28.9 Å². The van der Waals surface area contributed by atoms with Crippen LogP contribution >= 0.6 is 11.3 Å². The molecule has 1 atom stereocenters. The predicted molar refractivity (Wildman–Crippen MR) is 78.3 cm³/mol. The monoisotopic (exact) mass is 273 g/mol. The first-order valence-corrected chi connectivity index (χ1v) is 7.16. The van der Waals surface area contributed by atoms with E-state index in [-0.39, 0.29) is 11.9 Å². The number of nitrogens with two attached hydrogens (primary N) is 1. The lowest BCUT2D eigenvalue weighted by Gasteiger charge is -2.18. The third-order valence-electron chi connectivity index (χ3n) is 3.32. The lowest BCUT2D eigenvalue weighted by Crippen LogP contribution is -2.35. The molecule has 1 amide bonds. The van der Waals surface area contributed by atoms with Crippen molar-refractivity contribution in [3.63, 3.8) is 0 Å². The maximum atomic E-state index is 12.3. The Balaban J connectivity index is 1.85. The largest absolute Gasteiger partial charge is 0.397 e. The van der Waals surface area contributed by atoms with Gasteiger partial charge >= 0.3 is 0 Å². The van der Waals surface area contributed by atoms with E-state index >= 15 is 0 Å². The minimum Gasteiger partial charge on any atom is -0.397 e. The molecular weight excluding hydrogens is 258 g/mol. The van der Waals surface area contributed by atoms with E-state index < -0.39 is 0 Å². The highest BCUT2D eigenvalue weighted by Gasteiger charge is 2.20. The SMILES string of the molecule is Nc1c(C(=O)N[C@H]2CC=CCC2)sc2ncccc12. The molecule has 0 radical (unpaired) electrons. The van der Waals surface area contributed by atoms with E-state index in [0.29, 0.717) is 10.6 Å². The molecule has 2 aromatic heterocycles. The number of rotatable bonds is 2.